The van der Waals surface area contributed by atoms with Crippen molar-refractivity contribution >= 4 is 11.8 Å². The van der Waals surface area contributed by atoms with E-state index in [9.17, 15) is 14.0 Å². The lowest BCUT2D eigenvalue weighted by molar-refractivity contribution is -0.896. The van der Waals surface area contributed by atoms with Gasteiger partial charge in [-0.25, -0.2) is 4.39 Å². The molecule has 0 aromatic heterocycles. The van der Waals surface area contributed by atoms with Crippen LogP contribution >= 0.6 is 0 Å². The second-order valence-electron chi connectivity index (χ2n) is 5.66. The number of quaternary nitrogens is 1. The van der Waals surface area contributed by atoms with Crippen LogP contribution in [0.25, 0.3) is 0 Å². The molecule has 0 aliphatic carbocycles. The number of benzene rings is 1. The van der Waals surface area contributed by atoms with Gasteiger partial charge in [0.15, 0.2) is 6.54 Å². The highest BCUT2D eigenvalue weighted by Crippen LogP contribution is 2.02. The summed E-state index contributed by atoms with van der Waals surface area (Å²) < 4.78 is 12.8. The zero-order valence-corrected chi connectivity index (χ0v) is 12.9. The molecule has 1 aromatic carbocycles. The Bertz CT molecular complexity index is 511. The Labute approximate surface area is 130 Å². The number of halogens is 1. The van der Waals surface area contributed by atoms with Gasteiger partial charge in [0, 0.05) is 13.5 Å². The van der Waals surface area contributed by atoms with Crippen LogP contribution in [0.15, 0.2) is 24.3 Å². The number of carbonyl (C=O) groups is 2. The maximum absolute atomic E-state index is 12.8. The van der Waals surface area contributed by atoms with Gasteiger partial charge in [-0.3, -0.25) is 9.59 Å². The van der Waals surface area contributed by atoms with Crippen molar-refractivity contribution in [3.8, 4) is 0 Å². The summed E-state index contributed by atoms with van der Waals surface area (Å²) in [5, 5.41) is 2.89. The largest absolute Gasteiger partial charge is 0.351 e. The lowest BCUT2D eigenvalue weighted by Gasteiger charge is -2.31. The van der Waals surface area contributed by atoms with Crippen LogP contribution in [0, 0.1) is 5.82 Å². The van der Waals surface area contributed by atoms with Gasteiger partial charge in [0.1, 0.15) is 5.82 Å². The van der Waals surface area contributed by atoms with Crippen LogP contribution in [-0.4, -0.2) is 56.0 Å². The van der Waals surface area contributed by atoms with Gasteiger partial charge in [-0.05, 0) is 24.1 Å². The summed E-state index contributed by atoms with van der Waals surface area (Å²) in [4.78, 5) is 26.2. The summed E-state index contributed by atoms with van der Waals surface area (Å²) in [6.45, 7) is 5.62. The summed E-state index contributed by atoms with van der Waals surface area (Å²) in [6, 6.07) is 6.31. The molecule has 1 heterocycles. The van der Waals surface area contributed by atoms with Gasteiger partial charge in [-0.2, -0.15) is 0 Å². The Kier molecular flexibility index (Phi) is 5.89. The van der Waals surface area contributed by atoms with E-state index in [1.165, 1.54) is 17.0 Å². The predicted octanol–water partition coefficient (Wildman–Crippen LogP) is -0.769. The minimum absolute atomic E-state index is 0.0217. The number of piperazine rings is 1. The van der Waals surface area contributed by atoms with Crippen molar-refractivity contribution < 1.29 is 18.9 Å². The van der Waals surface area contributed by atoms with Gasteiger partial charge in [0.2, 0.25) is 5.91 Å². The van der Waals surface area contributed by atoms with E-state index < -0.39 is 0 Å². The number of amides is 2. The molecule has 5 nitrogen and oxygen atoms in total. The maximum atomic E-state index is 12.8. The first-order valence-electron chi connectivity index (χ1n) is 7.65. The third-order valence-corrected chi connectivity index (χ3v) is 3.98. The molecule has 1 aliphatic rings. The van der Waals surface area contributed by atoms with Crippen molar-refractivity contribution in [1.82, 2.24) is 10.2 Å². The second kappa shape index (κ2) is 7.89. The van der Waals surface area contributed by atoms with Crippen LogP contribution in [0.3, 0.4) is 0 Å². The summed E-state index contributed by atoms with van der Waals surface area (Å²) >= 11 is 0. The third kappa shape index (κ3) is 5.11. The zero-order chi connectivity index (χ0) is 15.9. The molecule has 0 unspecified atom stereocenters. The Morgan fingerprint density at radius 2 is 1.86 bits per heavy atom. The first-order valence-corrected chi connectivity index (χ1v) is 7.65. The number of rotatable bonds is 5. The molecule has 6 heteroatoms. The summed E-state index contributed by atoms with van der Waals surface area (Å²) in [6.07, 6.45) is 0.694. The maximum Gasteiger partial charge on any atom is 0.275 e. The average molecular weight is 308 g/mol. The molecule has 0 bridgehead atoms. The van der Waals surface area contributed by atoms with Crippen molar-refractivity contribution in [2.24, 2.45) is 0 Å². The molecule has 1 aromatic rings. The third-order valence-electron chi connectivity index (χ3n) is 3.98. The van der Waals surface area contributed by atoms with Crippen molar-refractivity contribution in [2.75, 3.05) is 39.3 Å². The molecular weight excluding hydrogens is 285 g/mol. The van der Waals surface area contributed by atoms with Crippen molar-refractivity contribution in [3.63, 3.8) is 0 Å². The highest BCUT2D eigenvalue weighted by atomic mass is 19.1. The molecule has 120 valence electrons. The Balaban J connectivity index is 1.64. The second-order valence-corrected chi connectivity index (χ2v) is 5.66. The van der Waals surface area contributed by atoms with E-state index in [4.69, 9.17) is 0 Å². The summed E-state index contributed by atoms with van der Waals surface area (Å²) in [5.41, 5.74) is 1.00. The van der Waals surface area contributed by atoms with E-state index in [2.05, 4.69) is 5.32 Å². The first-order chi connectivity index (χ1) is 10.5. The average Bonchev–Trinajstić information content (AvgIpc) is 2.50. The fraction of sp³-hybridized carbons (Fsp3) is 0.500. The Hall–Kier alpha value is -1.95. The van der Waals surface area contributed by atoms with Crippen LogP contribution in [0.2, 0.25) is 0 Å². The Morgan fingerprint density at radius 1 is 1.23 bits per heavy atom. The molecule has 2 N–H and O–H groups in total. The standard InChI is InChI=1S/C16H22FN3O2/c1-13(21)20-10-8-19(9-11-20)12-16(22)18-7-6-14-2-4-15(17)5-3-14/h2-5H,6-12H2,1H3,(H,18,22)/p+1. The van der Waals surface area contributed by atoms with Crippen LogP contribution in [0.5, 0.6) is 0 Å². The van der Waals surface area contributed by atoms with Crippen molar-refractivity contribution in [2.45, 2.75) is 13.3 Å². The molecule has 0 saturated carbocycles. The van der Waals surface area contributed by atoms with E-state index in [0.717, 1.165) is 18.7 Å². The van der Waals surface area contributed by atoms with E-state index in [1.54, 1.807) is 19.1 Å². The van der Waals surface area contributed by atoms with Crippen LogP contribution in [0.4, 0.5) is 4.39 Å². The molecule has 1 aliphatic heterocycles. The quantitative estimate of drug-likeness (QED) is 0.751. The highest BCUT2D eigenvalue weighted by Gasteiger charge is 2.23. The van der Waals surface area contributed by atoms with E-state index in [-0.39, 0.29) is 17.6 Å². The molecule has 22 heavy (non-hydrogen) atoms. The number of nitrogens with zero attached hydrogens (tertiary/aromatic N) is 1. The molecule has 1 fully saturated rings. The smallest absolute Gasteiger partial charge is 0.275 e. The highest BCUT2D eigenvalue weighted by molar-refractivity contribution is 5.76. The number of nitrogens with one attached hydrogen (secondary N) is 2. The zero-order valence-electron chi connectivity index (χ0n) is 12.9. The summed E-state index contributed by atoms with van der Waals surface area (Å²) in [7, 11) is 0. The monoisotopic (exact) mass is 308 g/mol. The molecular formula is C16H23FN3O2+. The predicted molar refractivity (Wildman–Crippen MR) is 80.9 cm³/mol. The number of hydrogen-bond donors (Lipinski definition) is 2. The fourth-order valence-corrected chi connectivity index (χ4v) is 2.60. The summed E-state index contributed by atoms with van der Waals surface area (Å²) in [5.74, 6) is -0.128. The van der Waals surface area contributed by atoms with E-state index in [0.29, 0.717) is 32.6 Å². The van der Waals surface area contributed by atoms with E-state index in [1.807, 2.05) is 4.90 Å². The van der Waals surface area contributed by atoms with Gasteiger partial charge in [-0.1, -0.05) is 12.1 Å². The van der Waals surface area contributed by atoms with Gasteiger partial charge in [-0.15, -0.1) is 0 Å². The lowest BCUT2D eigenvalue weighted by Crippen LogP contribution is -3.15. The van der Waals surface area contributed by atoms with Gasteiger partial charge in [0.25, 0.3) is 5.91 Å². The number of hydrogen-bond acceptors (Lipinski definition) is 2. The topological polar surface area (TPSA) is 53.9 Å². The van der Waals surface area contributed by atoms with Gasteiger partial charge >= 0.3 is 0 Å². The minimum Gasteiger partial charge on any atom is -0.351 e. The first kappa shape index (κ1) is 16.4. The van der Waals surface area contributed by atoms with Crippen LogP contribution in [0.1, 0.15) is 12.5 Å². The van der Waals surface area contributed by atoms with Crippen LogP contribution < -0.4 is 10.2 Å². The SMILES string of the molecule is CC(=O)N1CC[NH+](CC(=O)NCCc2ccc(F)cc2)CC1. The molecule has 0 radical (unpaired) electrons. The molecule has 1 saturated heterocycles. The molecule has 0 spiro atoms. The Morgan fingerprint density at radius 3 is 2.45 bits per heavy atom. The minimum atomic E-state index is -0.249. The molecule has 0 atom stereocenters. The van der Waals surface area contributed by atoms with E-state index >= 15 is 0 Å². The van der Waals surface area contributed by atoms with Gasteiger partial charge < -0.3 is 15.1 Å². The van der Waals surface area contributed by atoms with Gasteiger partial charge in [0.05, 0.1) is 26.2 Å². The van der Waals surface area contributed by atoms with Crippen molar-refractivity contribution in [1.29, 1.82) is 0 Å². The molecule has 2 rings (SSSR count). The normalized spacial score (nSPS) is 15.6. The van der Waals surface area contributed by atoms with Crippen LogP contribution in [-0.2, 0) is 16.0 Å². The lowest BCUT2D eigenvalue weighted by atomic mass is 10.1. The number of carbonyl (C=O) groups excluding carboxylic acids is 2. The molecule has 2 amide bonds. The fourth-order valence-electron chi connectivity index (χ4n) is 2.60. The van der Waals surface area contributed by atoms with Crippen molar-refractivity contribution in [3.05, 3.63) is 35.6 Å².